The number of fused-ring (bicyclic) bond motifs is 2. The zero-order valence-electron chi connectivity index (χ0n) is 15.8. The van der Waals surface area contributed by atoms with Crippen LogP contribution in [-0.4, -0.2) is 47.8 Å². The maximum Gasteiger partial charge on any atom is 0.253 e. The molecule has 1 heterocycles. The lowest BCUT2D eigenvalue weighted by atomic mass is 9.86. The van der Waals surface area contributed by atoms with Crippen LogP contribution in [0.2, 0.25) is 0 Å². The van der Waals surface area contributed by atoms with Crippen LogP contribution in [0.15, 0.2) is 24.3 Å². The lowest BCUT2D eigenvalue weighted by Crippen LogP contribution is -2.51. The van der Waals surface area contributed by atoms with E-state index in [9.17, 15) is 9.59 Å². The molecule has 26 heavy (non-hydrogen) atoms. The number of benzene rings is 1. The molecule has 1 aliphatic heterocycles. The molecule has 4 heteroatoms. The number of hydrogen-bond acceptors (Lipinski definition) is 2. The van der Waals surface area contributed by atoms with Gasteiger partial charge in [-0.3, -0.25) is 9.59 Å². The Morgan fingerprint density at radius 2 is 1.65 bits per heavy atom. The van der Waals surface area contributed by atoms with E-state index < -0.39 is 0 Å². The Morgan fingerprint density at radius 1 is 0.962 bits per heavy atom. The van der Waals surface area contributed by atoms with Gasteiger partial charge in [0.1, 0.15) is 0 Å². The summed E-state index contributed by atoms with van der Waals surface area (Å²) in [5, 5.41) is 0. The number of rotatable bonds is 4. The van der Waals surface area contributed by atoms with Crippen molar-refractivity contribution in [2.24, 2.45) is 17.8 Å². The van der Waals surface area contributed by atoms with E-state index in [1.807, 2.05) is 34.1 Å². The summed E-state index contributed by atoms with van der Waals surface area (Å²) in [5.74, 6) is 2.72. The SMILES string of the molecule is CCc1ccc(C(=O)N2CCN(C(=O)CC3CC4CCC3C4)CC2)cc1. The summed E-state index contributed by atoms with van der Waals surface area (Å²) in [5.41, 5.74) is 2.00. The van der Waals surface area contributed by atoms with Crippen LogP contribution in [0.1, 0.15) is 54.9 Å². The normalized spacial score (nSPS) is 27.8. The lowest BCUT2D eigenvalue weighted by Gasteiger charge is -2.36. The predicted molar refractivity (Wildman–Crippen MR) is 102 cm³/mol. The van der Waals surface area contributed by atoms with Gasteiger partial charge in [0.05, 0.1) is 0 Å². The Bertz CT molecular complexity index is 661. The second-order valence-corrected chi connectivity index (χ2v) is 8.36. The van der Waals surface area contributed by atoms with E-state index in [0.29, 0.717) is 38.0 Å². The van der Waals surface area contributed by atoms with Crippen molar-refractivity contribution in [1.82, 2.24) is 9.80 Å². The monoisotopic (exact) mass is 354 g/mol. The van der Waals surface area contributed by atoms with Crippen LogP contribution >= 0.6 is 0 Å². The third kappa shape index (κ3) is 3.51. The van der Waals surface area contributed by atoms with E-state index in [0.717, 1.165) is 30.2 Å². The first-order chi connectivity index (χ1) is 12.6. The molecule has 0 aromatic heterocycles. The van der Waals surface area contributed by atoms with Gasteiger partial charge in [-0.15, -0.1) is 0 Å². The first-order valence-electron chi connectivity index (χ1n) is 10.3. The average Bonchev–Trinajstić information content (AvgIpc) is 3.31. The van der Waals surface area contributed by atoms with Gasteiger partial charge in [0.15, 0.2) is 0 Å². The minimum Gasteiger partial charge on any atom is -0.339 e. The highest BCUT2D eigenvalue weighted by molar-refractivity contribution is 5.94. The van der Waals surface area contributed by atoms with Crippen LogP contribution < -0.4 is 0 Å². The summed E-state index contributed by atoms with van der Waals surface area (Å²) >= 11 is 0. The van der Waals surface area contributed by atoms with Crippen LogP contribution in [0.25, 0.3) is 0 Å². The van der Waals surface area contributed by atoms with Crippen molar-refractivity contribution in [3.05, 3.63) is 35.4 Å². The van der Waals surface area contributed by atoms with Crippen molar-refractivity contribution >= 4 is 11.8 Å². The molecular formula is C22H30N2O2. The van der Waals surface area contributed by atoms with Gasteiger partial charge in [-0.1, -0.05) is 25.5 Å². The van der Waals surface area contributed by atoms with E-state index in [1.54, 1.807) is 0 Å². The fraction of sp³-hybridized carbons (Fsp3) is 0.636. The van der Waals surface area contributed by atoms with E-state index in [4.69, 9.17) is 0 Å². The molecule has 2 saturated carbocycles. The highest BCUT2D eigenvalue weighted by atomic mass is 16.2. The third-order valence-electron chi connectivity index (χ3n) is 6.85. The molecule has 1 aromatic carbocycles. The molecule has 140 valence electrons. The topological polar surface area (TPSA) is 40.6 Å². The van der Waals surface area contributed by atoms with E-state index in [-0.39, 0.29) is 5.91 Å². The molecule has 3 aliphatic rings. The summed E-state index contributed by atoms with van der Waals surface area (Å²) in [4.78, 5) is 29.2. The zero-order valence-corrected chi connectivity index (χ0v) is 15.8. The molecule has 1 saturated heterocycles. The van der Waals surface area contributed by atoms with Crippen molar-refractivity contribution in [2.45, 2.75) is 45.4 Å². The van der Waals surface area contributed by atoms with Crippen molar-refractivity contribution in [3.63, 3.8) is 0 Å². The smallest absolute Gasteiger partial charge is 0.253 e. The van der Waals surface area contributed by atoms with E-state index in [1.165, 1.54) is 31.2 Å². The Hall–Kier alpha value is -1.84. The fourth-order valence-corrected chi connectivity index (χ4v) is 5.20. The molecule has 3 unspecified atom stereocenters. The largest absolute Gasteiger partial charge is 0.339 e. The van der Waals surface area contributed by atoms with Crippen LogP contribution in [0, 0.1) is 17.8 Å². The number of aryl methyl sites for hydroxylation is 1. The summed E-state index contributed by atoms with van der Waals surface area (Å²) < 4.78 is 0. The zero-order chi connectivity index (χ0) is 18.1. The van der Waals surface area contributed by atoms with Gasteiger partial charge in [-0.2, -0.15) is 0 Å². The summed E-state index contributed by atoms with van der Waals surface area (Å²) in [6.45, 7) is 4.77. The van der Waals surface area contributed by atoms with Gasteiger partial charge in [-0.25, -0.2) is 0 Å². The molecule has 2 aliphatic carbocycles. The maximum absolute atomic E-state index is 12.7. The maximum atomic E-state index is 12.7. The van der Waals surface area contributed by atoms with Gasteiger partial charge in [0.2, 0.25) is 5.91 Å². The number of hydrogen-bond donors (Lipinski definition) is 0. The molecule has 0 N–H and O–H groups in total. The van der Waals surface area contributed by atoms with Crippen molar-refractivity contribution in [2.75, 3.05) is 26.2 Å². The summed E-state index contributed by atoms with van der Waals surface area (Å²) in [6, 6.07) is 7.91. The Labute approximate surface area is 156 Å². The molecular weight excluding hydrogens is 324 g/mol. The quantitative estimate of drug-likeness (QED) is 0.832. The first kappa shape index (κ1) is 17.6. The standard InChI is InChI=1S/C22H30N2O2/c1-2-16-3-6-18(7-4-16)22(26)24-11-9-23(10-12-24)21(25)15-20-14-17-5-8-19(20)13-17/h3-4,6-7,17,19-20H,2,5,8-15H2,1H3. The molecule has 2 amide bonds. The number of piperazine rings is 1. The van der Waals surface area contributed by atoms with Crippen molar-refractivity contribution < 1.29 is 9.59 Å². The lowest BCUT2D eigenvalue weighted by molar-refractivity contribution is -0.134. The van der Waals surface area contributed by atoms with Gasteiger partial charge >= 0.3 is 0 Å². The fourth-order valence-electron chi connectivity index (χ4n) is 5.20. The van der Waals surface area contributed by atoms with Gasteiger partial charge < -0.3 is 9.80 Å². The minimum absolute atomic E-state index is 0.0906. The van der Waals surface area contributed by atoms with Crippen LogP contribution in [0.4, 0.5) is 0 Å². The molecule has 4 rings (SSSR count). The van der Waals surface area contributed by atoms with Crippen LogP contribution in [0.5, 0.6) is 0 Å². The molecule has 2 bridgehead atoms. The summed E-state index contributed by atoms with van der Waals surface area (Å²) in [6.07, 6.45) is 7.06. The van der Waals surface area contributed by atoms with Crippen molar-refractivity contribution in [1.29, 1.82) is 0 Å². The van der Waals surface area contributed by atoms with Gasteiger partial charge in [0, 0.05) is 38.2 Å². The second-order valence-electron chi connectivity index (χ2n) is 8.36. The summed E-state index contributed by atoms with van der Waals surface area (Å²) in [7, 11) is 0. The highest BCUT2D eigenvalue weighted by Crippen LogP contribution is 2.49. The Morgan fingerprint density at radius 3 is 2.23 bits per heavy atom. The highest BCUT2D eigenvalue weighted by Gasteiger charge is 2.40. The molecule has 3 atom stereocenters. The van der Waals surface area contributed by atoms with E-state index in [2.05, 4.69) is 6.92 Å². The number of amides is 2. The number of carbonyl (C=O) groups is 2. The molecule has 0 spiro atoms. The molecule has 0 radical (unpaired) electrons. The van der Waals surface area contributed by atoms with Gasteiger partial charge in [-0.05, 0) is 61.1 Å². The number of nitrogens with zero attached hydrogens (tertiary/aromatic N) is 2. The van der Waals surface area contributed by atoms with Crippen LogP contribution in [-0.2, 0) is 11.2 Å². The van der Waals surface area contributed by atoms with E-state index >= 15 is 0 Å². The van der Waals surface area contributed by atoms with Gasteiger partial charge in [0.25, 0.3) is 5.91 Å². The molecule has 3 fully saturated rings. The Kier molecular flexibility index (Phi) is 5.01. The number of carbonyl (C=O) groups excluding carboxylic acids is 2. The second kappa shape index (κ2) is 7.42. The molecule has 4 nitrogen and oxygen atoms in total. The van der Waals surface area contributed by atoms with Crippen molar-refractivity contribution in [3.8, 4) is 0 Å². The Balaban J connectivity index is 1.27. The predicted octanol–water partition coefficient (Wildman–Crippen LogP) is 3.36. The van der Waals surface area contributed by atoms with Crippen LogP contribution in [0.3, 0.4) is 0 Å². The average molecular weight is 354 g/mol. The molecule has 1 aromatic rings. The third-order valence-corrected chi connectivity index (χ3v) is 6.85. The first-order valence-corrected chi connectivity index (χ1v) is 10.3. The minimum atomic E-state index is 0.0906.